The number of carbonyl (C=O) groups excluding carboxylic acids is 2. The van der Waals surface area contributed by atoms with Crippen molar-refractivity contribution >= 4 is 17.6 Å². The molecule has 3 heterocycles. The lowest BCUT2D eigenvalue weighted by Gasteiger charge is -2.23. The monoisotopic (exact) mass is 402 g/mol. The molecule has 0 spiro atoms. The smallest absolute Gasteiger partial charge is 0.319 e. The number of fused-ring (bicyclic) bond motifs is 2. The van der Waals surface area contributed by atoms with Crippen LogP contribution in [0.4, 0.5) is 4.79 Å². The van der Waals surface area contributed by atoms with E-state index in [1.807, 2.05) is 25.1 Å². The molecule has 1 aromatic carbocycles. The van der Waals surface area contributed by atoms with Gasteiger partial charge in [0.15, 0.2) is 0 Å². The molecule has 0 unspecified atom stereocenters. The number of benzene rings is 1. The maximum Gasteiger partial charge on any atom is 0.325 e. The van der Waals surface area contributed by atoms with E-state index in [1.54, 1.807) is 19.2 Å². The highest BCUT2D eigenvalue weighted by atomic mass is 16.2. The Morgan fingerprint density at radius 3 is 2.73 bits per heavy atom. The highest BCUT2D eigenvalue weighted by Gasteiger charge is 2.49. The van der Waals surface area contributed by atoms with E-state index in [4.69, 9.17) is 0 Å². The predicted octanol–water partition coefficient (Wildman–Crippen LogP) is 2.46. The second-order valence-corrected chi connectivity index (χ2v) is 8.25. The molecular weight excluding hydrogens is 380 g/mol. The van der Waals surface area contributed by atoms with Crippen molar-refractivity contribution in [1.29, 1.82) is 0 Å². The number of nitrogens with zero attached hydrogens (tertiary/aromatic N) is 3. The number of pyridine rings is 1. The molecular formula is C23H22N4O3. The number of imide groups is 1. The zero-order valence-corrected chi connectivity index (χ0v) is 16.9. The minimum Gasteiger partial charge on any atom is -0.319 e. The molecule has 1 aliphatic carbocycles. The molecule has 7 heteroatoms. The molecule has 3 aromatic rings. The molecule has 30 heavy (non-hydrogen) atoms. The molecule has 2 aromatic heterocycles. The Kier molecular flexibility index (Phi) is 4.03. The van der Waals surface area contributed by atoms with Gasteiger partial charge in [0.05, 0.1) is 12.2 Å². The number of hydrogen-bond acceptors (Lipinski definition) is 4. The highest BCUT2D eigenvalue weighted by molar-refractivity contribution is 6.07. The van der Waals surface area contributed by atoms with Crippen LogP contribution in [0.5, 0.6) is 0 Å². The van der Waals surface area contributed by atoms with Crippen LogP contribution in [-0.2, 0) is 29.7 Å². The van der Waals surface area contributed by atoms with Crippen LogP contribution in [0.2, 0.25) is 0 Å². The Morgan fingerprint density at radius 1 is 1.10 bits per heavy atom. The van der Waals surface area contributed by atoms with E-state index >= 15 is 0 Å². The van der Waals surface area contributed by atoms with E-state index in [0.29, 0.717) is 11.3 Å². The minimum atomic E-state index is -1.13. The molecule has 1 aliphatic heterocycles. The lowest BCUT2D eigenvalue weighted by Crippen LogP contribution is -2.41. The molecule has 0 saturated carbocycles. The van der Waals surface area contributed by atoms with E-state index in [2.05, 4.69) is 16.4 Å². The number of rotatable bonds is 3. The van der Waals surface area contributed by atoms with Crippen molar-refractivity contribution in [1.82, 2.24) is 19.6 Å². The summed E-state index contributed by atoms with van der Waals surface area (Å²) in [5.74, 6) is -0.336. The van der Waals surface area contributed by atoms with Crippen molar-refractivity contribution in [3.05, 3.63) is 80.9 Å². The number of aryl methyl sites for hydroxylation is 3. The van der Waals surface area contributed by atoms with Gasteiger partial charge in [-0.25, -0.2) is 9.78 Å². The van der Waals surface area contributed by atoms with Crippen LogP contribution in [-0.4, -0.2) is 26.2 Å². The fourth-order valence-electron chi connectivity index (χ4n) is 4.47. The molecule has 1 saturated heterocycles. The number of hydrogen-bond donors (Lipinski definition) is 1. The normalized spacial score (nSPS) is 20.7. The molecule has 0 bridgehead atoms. The van der Waals surface area contributed by atoms with Crippen LogP contribution in [0.3, 0.4) is 0 Å². The summed E-state index contributed by atoms with van der Waals surface area (Å²) in [5.41, 5.74) is 3.72. The van der Waals surface area contributed by atoms with Gasteiger partial charge in [0.2, 0.25) is 0 Å². The van der Waals surface area contributed by atoms with Gasteiger partial charge in [-0.05, 0) is 61.4 Å². The van der Waals surface area contributed by atoms with Gasteiger partial charge in [-0.1, -0.05) is 24.3 Å². The van der Waals surface area contributed by atoms with Crippen LogP contribution in [0, 0.1) is 6.92 Å². The number of amides is 3. The number of carbonyl (C=O) groups is 2. The van der Waals surface area contributed by atoms with Crippen LogP contribution in [0.1, 0.15) is 41.3 Å². The fraction of sp³-hybridized carbons (Fsp3) is 0.304. The topological polar surface area (TPSA) is 83.8 Å². The van der Waals surface area contributed by atoms with Gasteiger partial charge in [-0.3, -0.25) is 18.9 Å². The summed E-state index contributed by atoms with van der Waals surface area (Å²) in [7, 11) is 0. The average Bonchev–Trinajstić information content (AvgIpc) is 3.27. The van der Waals surface area contributed by atoms with Crippen molar-refractivity contribution in [2.75, 3.05) is 0 Å². The predicted molar refractivity (Wildman–Crippen MR) is 111 cm³/mol. The summed E-state index contributed by atoms with van der Waals surface area (Å²) in [6, 6.07) is 10.6. The first-order chi connectivity index (χ1) is 14.4. The lowest BCUT2D eigenvalue weighted by molar-refractivity contribution is -0.131. The van der Waals surface area contributed by atoms with Crippen molar-refractivity contribution in [3.63, 3.8) is 0 Å². The van der Waals surface area contributed by atoms with Gasteiger partial charge in [0, 0.05) is 12.3 Å². The Balaban J connectivity index is 1.49. The van der Waals surface area contributed by atoms with Crippen molar-refractivity contribution in [2.45, 2.75) is 45.2 Å². The van der Waals surface area contributed by atoms with Gasteiger partial charge in [-0.15, -0.1) is 0 Å². The van der Waals surface area contributed by atoms with Gasteiger partial charge in [0.1, 0.15) is 11.2 Å². The highest BCUT2D eigenvalue weighted by Crippen LogP contribution is 2.33. The second-order valence-electron chi connectivity index (χ2n) is 8.25. The van der Waals surface area contributed by atoms with Gasteiger partial charge in [0.25, 0.3) is 11.5 Å². The Labute approximate surface area is 173 Å². The quantitative estimate of drug-likeness (QED) is 0.682. The standard InChI is InChI=1S/C23H22N4O3/c1-14-5-4-10-26-19(28)12-18(24-20(14)26)13-27-21(29)23(2,25-22(27)30)17-9-8-15-6-3-7-16(15)11-17/h4-5,8-12H,3,6-7,13H2,1-2H3,(H,25,30)/t23-/m0/s1. The zero-order chi connectivity index (χ0) is 21.0. The van der Waals surface area contributed by atoms with Crippen molar-refractivity contribution in [3.8, 4) is 0 Å². The number of urea groups is 1. The third kappa shape index (κ3) is 2.73. The third-order valence-electron chi connectivity index (χ3n) is 6.21. The average molecular weight is 402 g/mol. The minimum absolute atomic E-state index is 0.0503. The lowest BCUT2D eigenvalue weighted by atomic mass is 9.89. The summed E-state index contributed by atoms with van der Waals surface area (Å²) in [4.78, 5) is 44.1. The van der Waals surface area contributed by atoms with Gasteiger partial charge < -0.3 is 5.32 Å². The summed E-state index contributed by atoms with van der Waals surface area (Å²) in [5, 5.41) is 2.85. The van der Waals surface area contributed by atoms with E-state index in [1.165, 1.54) is 21.6 Å². The first-order valence-electron chi connectivity index (χ1n) is 10.1. The molecule has 1 atom stereocenters. The molecule has 5 rings (SSSR count). The van der Waals surface area contributed by atoms with E-state index in [9.17, 15) is 14.4 Å². The summed E-state index contributed by atoms with van der Waals surface area (Å²) >= 11 is 0. The van der Waals surface area contributed by atoms with Crippen LogP contribution in [0.15, 0.2) is 47.4 Å². The molecule has 7 nitrogen and oxygen atoms in total. The Bertz CT molecular complexity index is 1280. The van der Waals surface area contributed by atoms with E-state index in [0.717, 1.165) is 35.3 Å². The molecule has 152 valence electrons. The fourth-order valence-corrected chi connectivity index (χ4v) is 4.47. The van der Waals surface area contributed by atoms with E-state index < -0.39 is 11.6 Å². The first-order valence-corrected chi connectivity index (χ1v) is 10.1. The molecule has 1 N–H and O–H groups in total. The van der Waals surface area contributed by atoms with Crippen LogP contribution >= 0.6 is 0 Å². The van der Waals surface area contributed by atoms with Gasteiger partial charge >= 0.3 is 6.03 Å². The zero-order valence-electron chi connectivity index (χ0n) is 16.9. The van der Waals surface area contributed by atoms with Gasteiger partial charge in [-0.2, -0.15) is 0 Å². The molecule has 3 amide bonds. The maximum absolute atomic E-state index is 13.3. The maximum atomic E-state index is 13.3. The molecule has 0 radical (unpaired) electrons. The number of nitrogens with one attached hydrogen (secondary N) is 1. The SMILES string of the molecule is Cc1cccn2c(=O)cc(CN3C(=O)N[C@@](C)(c4ccc5c(c4)CCC5)C3=O)nc12. The molecule has 2 aliphatic rings. The van der Waals surface area contributed by atoms with Crippen molar-refractivity contribution in [2.24, 2.45) is 0 Å². The summed E-state index contributed by atoms with van der Waals surface area (Å²) < 4.78 is 1.46. The van der Waals surface area contributed by atoms with Crippen molar-refractivity contribution < 1.29 is 9.59 Å². The summed E-state index contributed by atoms with van der Waals surface area (Å²) in [6.45, 7) is 3.55. The number of aromatic nitrogens is 2. The van der Waals surface area contributed by atoms with Crippen LogP contribution in [0.25, 0.3) is 5.65 Å². The third-order valence-corrected chi connectivity index (χ3v) is 6.21. The molecule has 1 fully saturated rings. The first kappa shape index (κ1) is 18.5. The Hall–Kier alpha value is -3.48. The van der Waals surface area contributed by atoms with E-state index in [-0.39, 0.29) is 18.0 Å². The summed E-state index contributed by atoms with van der Waals surface area (Å²) in [6.07, 6.45) is 4.82. The largest absolute Gasteiger partial charge is 0.325 e. The second kappa shape index (κ2) is 6.52. The Morgan fingerprint density at radius 2 is 1.90 bits per heavy atom. The van der Waals surface area contributed by atoms with Crippen LogP contribution < -0.4 is 10.9 Å².